The van der Waals surface area contributed by atoms with E-state index in [4.69, 9.17) is 9.84 Å². The zero-order valence-corrected chi connectivity index (χ0v) is 19.3. The van der Waals surface area contributed by atoms with E-state index < -0.39 is 12.1 Å². The Labute approximate surface area is 189 Å². The fourth-order valence-corrected chi connectivity index (χ4v) is 4.84. The van der Waals surface area contributed by atoms with Crippen LogP contribution < -0.4 is 10.2 Å². The van der Waals surface area contributed by atoms with Crippen LogP contribution in [0.4, 0.5) is 10.5 Å². The van der Waals surface area contributed by atoms with Gasteiger partial charge in [-0.05, 0) is 57.6 Å². The molecule has 1 fully saturated rings. The SMILES string of the molecule is CCC(=O)N1c2ccccc2[C@H](NC2CCC(OC(=O)N(CC)CC(=O)O)CC2)C[C@@H]1C. The van der Waals surface area contributed by atoms with Crippen LogP contribution in [0.2, 0.25) is 0 Å². The summed E-state index contributed by atoms with van der Waals surface area (Å²) in [4.78, 5) is 38.8. The highest BCUT2D eigenvalue weighted by Crippen LogP contribution is 2.38. The first kappa shape index (κ1) is 24.0. The maximum atomic E-state index is 12.5. The molecule has 8 nitrogen and oxygen atoms in total. The number of carbonyl (C=O) groups excluding carboxylic acids is 2. The molecular formula is C24H35N3O5. The van der Waals surface area contributed by atoms with Crippen LogP contribution in [0.25, 0.3) is 0 Å². The zero-order valence-electron chi connectivity index (χ0n) is 19.3. The van der Waals surface area contributed by atoms with E-state index in [9.17, 15) is 14.4 Å². The summed E-state index contributed by atoms with van der Waals surface area (Å²) in [5.41, 5.74) is 2.16. The summed E-state index contributed by atoms with van der Waals surface area (Å²) in [6, 6.07) is 8.74. The van der Waals surface area contributed by atoms with Gasteiger partial charge in [-0.1, -0.05) is 25.1 Å². The Balaban J connectivity index is 1.57. The molecule has 3 rings (SSSR count). The number of hydrogen-bond donors (Lipinski definition) is 2. The lowest BCUT2D eigenvalue weighted by atomic mass is 9.88. The molecule has 1 aliphatic carbocycles. The minimum Gasteiger partial charge on any atom is -0.480 e. The quantitative estimate of drug-likeness (QED) is 0.664. The molecule has 2 atom stereocenters. The summed E-state index contributed by atoms with van der Waals surface area (Å²) in [5, 5.41) is 12.7. The lowest BCUT2D eigenvalue weighted by Gasteiger charge is -2.41. The number of nitrogens with zero attached hydrogens (tertiary/aromatic N) is 2. The first-order valence-electron chi connectivity index (χ1n) is 11.7. The molecule has 1 aromatic carbocycles. The largest absolute Gasteiger partial charge is 0.480 e. The number of likely N-dealkylation sites (N-methyl/N-ethyl adjacent to an activating group) is 1. The minimum absolute atomic E-state index is 0.126. The number of para-hydroxylation sites is 1. The van der Waals surface area contributed by atoms with Crippen LogP contribution in [0.5, 0.6) is 0 Å². The van der Waals surface area contributed by atoms with Crippen molar-refractivity contribution in [2.24, 2.45) is 0 Å². The number of amides is 2. The van der Waals surface area contributed by atoms with Gasteiger partial charge in [0.15, 0.2) is 0 Å². The number of carbonyl (C=O) groups is 3. The summed E-state index contributed by atoms with van der Waals surface area (Å²) in [7, 11) is 0. The average molecular weight is 446 g/mol. The van der Waals surface area contributed by atoms with Crippen LogP contribution in [0.1, 0.15) is 70.9 Å². The lowest BCUT2D eigenvalue weighted by Crippen LogP contribution is -2.47. The van der Waals surface area contributed by atoms with E-state index in [0.29, 0.717) is 19.0 Å². The Kier molecular flexibility index (Phi) is 8.12. The van der Waals surface area contributed by atoms with Gasteiger partial charge in [0, 0.05) is 36.8 Å². The number of nitrogens with one attached hydrogen (secondary N) is 1. The molecule has 0 saturated heterocycles. The van der Waals surface area contributed by atoms with Gasteiger partial charge in [0.05, 0.1) is 0 Å². The zero-order chi connectivity index (χ0) is 23.3. The molecule has 1 saturated carbocycles. The first-order valence-corrected chi connectivity index (χ1v) is 11.7. The minimum atomic E-state index is -1.04. The molecule has 1 heterocycles. The van der Waals surface area contributed by atoms with E-state index in [1.807, 2.05) is 30.0 Å². The number of rotatable bonds is 7. The van der Waals surface area contributed by atoms with E-state index in [1.54, 1.807) is 6.92 Å². The van der Waals surface area contributed by atoms with E-state index in [2.05, 4.69) is 18.3 Å². The van der Waals surface area contributed by atoms with Gasteiger partial charge in [-0.2, -0.15) is 0 Å². The van der Waals surface area contributed by atoms with Gasteiger partial charge >= 0.3 is 12.1 Å². The van der Waals surface area contributed by atoms with Crippen LogP contribution in [0, 0.1) is 0 Å². The third kappa shape index (κ3) is 5.59. The van der Waals surface area contributed by atoms with Gasteiger partial charge in [0.25, 0.3) is 0 Å². The van der Waals surface area contributed by atoms with Crippen LogP contribution in [0.3, 0.4) is 0 Å². The maximum absolute atomic E-state index is 12.5. The molecule has 0 spiro atoms. The van der Waals surface area contributed by atoms with E-state index in [1.165, 1.54) is 4.90 Å². The number of ether oxygens (including phenoxy) is 1. The second-order valence-corrected chi connectivity index (χ2v) is 8.75. The van der Waals surface area contributed by atoms with Gasteiger partial charge < -0.3 is 20.1 Å². The Hall–Kier alpha value is -2.61. The average Bonchev–Trinajstić information content (AvgIpc) is 2.78. The summed E-state index contributed by atoms with van der Waals surface area (Å²) in [5.74, 6) is -0.896. The van der Waals surface area contributed by atoms with Crippen LogP contribution in [0.15, 0.2) is 24.3 Å². The molecule has 1 aliphatic heterocycles. The monoisotopic (exact) mass is 445 g/mol. The van der Waals surface area contributed by atoms with Crippen molar-refractivity contribution in [1.29, 1.82) is 0 Å². The van der Waals surface area contributed by atoms with Crippen molar-refractivity contribution in [1.82, 2.24) is 10.2 Å². The topological polar surface area (TPSA) is 99.2 Å². The van der Waals surface area contributed by atoms with Gasteiger partial charge in [0.1, 0.15) is 12.6 Å². The Morgan fingerprint density at radius 1 is 1.16 bits per heavy atom. The van der Waals surface area contributed by atoms with Gasteiger partial charge in [-0.3, -0.25) is 14.5 Å². The maximum Gasteiger partial charge on any atom is 0.410 e. The number of carboxylic acids is 1. The van der Waals surface area contributed by atoms with Gasteiger partial charge in [0.2, 0.25) is 5.91 Å². The number of benzene rings is 1. The fourth-order valence-electron chi connectivity index (χ4n) is 4.84. The van der Waals surface area contributed by atoms with Crippen molar-refractivity contribution >= 4 is 23.7 Å². The van der Waals surface area contributed by atoms with Crippen LogP contribution >= 0.6 is 0 Å². The smallest absolute Gasteiger partial charge is 0.410 e. The Morgan fingerprint density at radius 2 is 1.84 bits per heavy atom. The van der Waals surface area contributed by atoms with Crippen LogP contribution in [-0.2, 0) is 14.3 Å². The van der Waals surface area contributed by atoms with Crippen molar-refractivity contribution in [3.63, 3.8) is 0 Å². The molecule has 8 heteroatoms. The predicted molar refractivity (Wildman–Crippen MR) is 122 cm³/mol. The normalized spacial score (nSPS) is 25.0. The third-order valence-corrected chi connectivity index (χ3v) is 6.51. The second kappa shape index (κ2) is 10.8. The summed E-state index contributed by atoms with van der Waals surface area (Å²) < 4.78 is 5.56. The molecule has 2 aliphatic rings. The highest BCUT2D eigenvalue weighted by atomic mass is 16.6. The molecule has 0 radical (unpaired) electrons. The molecule has 0 bridgehead atoms. The number of hydrogen-bond acceptors (Lipinski definition) is 5. The molecule has 1 aromatic rings. The molecular weight excluding hydrogens is 410 g/mol. The second-order valence-electron chi connectivity index (χ2n) is 8.75. The van der Waals surface area contributed by atoms with Gasteiger partial charge in [-0.25, -0.2) is 4.79 Å². The van der Waals surface area contributed by atoms with Crippen molar-refractivity contribution in [3.05, 3.63) is 29.8 Å². The van der Waals surface area contributed by atoms with E-state index in [-0.39, 0.29) is 30.6 Å². The van der Waals surface area contributed by atoms with Crippen molar-refractivity contribution in [3.8, 4) is 0 Å². The first-order chi connectivity index (χ1) is 15.3. The standard InChI is InChI=1S/C24H35N3O5/c1-4-22(28)27-16(3)14-20(19-8-6-7-9-21(19)27)25-17-10-12-18(13-11-17)32-24(31)26(5-2)15-23(29)30/h6-9,16-18,20,25H,4-5,10-15H2,1-3H3,(H,29,30)/t16-,17?,18?,20+/m0/s1. The third-order valence-electron chi connectivity index (χ3n) is 6.51. The number of carboxylic acid groups (broad SMARTS) is 1. The number of aliphatic carboxylic acids is 1. The summed E-state index contributed by atoms with van der Waals surface area (Å²) >= 11 is 0. The van der Waals surface area contributed by atoms with Gasteiger partial charge in [-0.15, -0.1) is 0 Å². The van der Waals surface area contributed by atoms with E-state index in [0.717, 1.165) is 43.4 Å². The van der Waals surface area contributed by atoms with Crippen molar-refractivity contribution in [2.45, 2.75) is 83.5 Å². The number of anilines is 1. The molecule has 176 valence electrons. The van der Waals surface area contributed by atoms with Crippen molar-refractivity contribution < 1.29 is 24.2 Å². The van der Waals surface area contributed by atoms with Crippen LogP contribution in [-0.4, -0.2) is 59.3 Å². The van der Waals surface area contributed by atoms with E-state index >= 15 is 0 Å². The Bertz CT molecular complexity index is 822. The molecule has 32 heavy (non-hydrogen) atoms. The summed E-state index contributed by atoms with van der Waals surface area (Å²) in [6.07, 6.45) is 3.87. The van der Waals surface area contributed by atoms with Crippen molar-refractivity contribution in [2.75, 3.05) is 18.0 Å². The number of fused-ring (bicyclic) bond motifs is 1. The highest BCUT2D eigenvalue weighted by Gasteiger charge is 2.35. The lowest BCUT2D eigenvalue weighted by molar-refractivity contribution is -0.138. The highest BCUT2D eigenvalue weighted by molar-refractivity contribution is 5.95. The molecule has 2 amide bonds. The predicted octanol–water partition coefficient (Wildman–Crippen LogP) is 3.71. The molecule has 0 unspecified atom stereocenters. The fraction of sp³-hybridized carbons (Fsp3) is 0.625. The summed E-state index contributed by atoms with van der Waals surface area (Å²) in [6.45, 7) is 5.70. The Morgan fingerprint density at radius 3 is 2.47 bits per heavy atom. The molecule has 2 N–H and O–H groups in total. The molecule has 0 aromatic heterocycles.